The van der Waals surface area contributed by atoms with E-state index in [1.807, 2.05) is 14.0 Å². The molecule has 1 aromatic rings. The zero-order valence-electron chi connectivity index (χ0n) is 12.4. The van der Waals surface area contributed by atoms with Crippen molar-refractivity contribution in [3.8, 4) is 0 Å². The number of nitrogens with zero attached hydrogens (tertiary/aromatic N) is 1. The van der Waals surface area contributed by atoms with Gasteiger partial charge in [-0.3, -0.25) is 9.69 Å². The molecule has 0 aliphatic heterocycles. The largest absolute Gasteiger partial charge is 0.351 e. The Labute approximate surface area is 116 Å². The maximum atomic E-state index is 11.9. The normalized spacial score (nSPS) is 12.3. The van der Waals surface area contributed by atoms with Gasteiger partial charge in [-0.2, -0.15) is 0 Å². The van der Waals surface area contributed by atoms with E-state index in [9.17, 15) is 4.79 Å². The number of likely N-dealkylation sites (N-methyl/N-ethyl adjacent to an activating group) is 1. The summed E-state index contributed by atoms with van der Waals surface area (Å²) in [6.45, 7) is 11.0. The molecule has 3 nitrogen and oxygen atoms in total. The third-order valence-corrected chi connectivity index (χ3v) is 3.38. The fraction of sp³-hybridized carbons (Fsp3) is 0.438. The van der Waals surface area contributed by atoms with Gasteiger partial charge >= 0.3 is 0 Å². The highest BCUT2D eigenvalue weighted by Gasteiger charge is 2.17. The molecule has 0 fully saturated rings. The molecule has 0 spiro atoms. The molecule has 0 radical (unpaired) electrons. The van der Waals surface area contributed by atoms with Crippen molar-refractivity contribution in [3.05, 3.63) is 47.5 Å². The first kappa shape index (κ1) is 15.4. The highest BCUT2D eigenvalue weighted by atomic mass is 16.2. The lowest BCUT2D eigenvalue weighted by atomic mass is 10.0. The summed E-state index contributed by atoms with van der Waals surface area (Å²) >= 11 is 0. The van der Waals surface area contributed by atoms with Crippen molar-refractivity contribution in [2.75, 3.05) is 13.6 Å². The fourth-order valence-electron chi connectivity index (χ4n) is 1.95. The van der Waals surface area contributed by atoms with Crippen LogP contribution in [0.4, 0.5) is 0 Å². The van der Waals surface area contributed by atoms with Gasteiger partial charge in [-0.1, -0.05) is 29.8 Å². The Balaban J connectivity index is 2.65. The zero-order chi connectivity index (χ0) is 14.4. The van der Waals surface area contributed by atoms with Crippen molar-refractivity contribution < 1.29 is 4.79 Å². The van der Waals surface area contributed by atoms with Gasteiger partial charge in [0.25, 0.3) is 0 Å². The number of amides is 1. The van der Waals surface area contributed by atoms with E-state index in [-0.39, 0.29) is 11.9 Å². The number of carbonyl (C=O) groups excluding carboxylic acids is 1. The maximum Gasteiger partial charge on any atom is 0.237 e. The summed E-state index contributed by atoms with van der Waals surface area (Å²) in [7, 11) is 1.97. The molecule has 1 rings (SSSR count). The SMILES string of the molecule is C=CCNC(=O)[C@H](C)N(C)Cc1ccc(C)cc1C. The van der Waals surface area contributed by atoms with E-state index >= 15 is 0 Å². The van der Waals surface area contributed by atoms with Gasteiger partial charge in [-0.15, -0.1) is 6.58 Å². The van der Waals surface area contributed by atoms with Crippen LogP contribution in [0.5, 0.6) is 0 Å². The van der Waals surface area contributed by atoms with Gasteiger partial charge in [0, 0.05) is 13.1 Å². The van der Waals surface area contributed by atoms with Gasteiger partial charge in [0.1, 0.15) is 0 Å². The third kappa shape index (κ3) is 4.52. The van der Waals surface area contributed by atoms with Gasteiger partial charge in [0.15, 0.2) is 0 Å². The summed E-state index contributed by atoms with van der Waals surface area (Å²) < 4.78 is 0. The third-order valence-electron chi connectivity index (χ3n) is 3.38. The quantitative estimate of drug-likeness (QED) is 0.797. The van der Waals surface area contributed by atoms with Crippen molar-refractivity contribution >= 4 is 5.91 Å². The summed E-state index contributed by atoms with van der Waals surface area (Å²) in [6.07, 6.45) is 1.69. The van der Waals surface area contributed by atoms with Crippen LogP contribution in [0.25, 0.3) is 0 Å². The van der Waals surface area contributed by atoms with Crippen molar-refractivity contribution in [1.82, 2.24) is 10.2 Å². The average Bonchev–Trinajstić information content (AvgIpc) is 2.38. The van der Waals surface area contributed by atoms with Crippen LogP contribution in [0.2, 0.25) is 0 Å². The number of aryl methyl sites for hydroxylation is 2. The minimum Gasteiger partial charge on any atom is -0.351 e. The molecule has 104 valence electrons. The number of hydrogen-bond acceptors (Lipinski definition) is 2. The Morgan fingerprint density at radius 1 is 1.47 bits per heavy atom. The number of nitrogens with one attached hydrogen (secondary N) is 1. The van der Waals surface area contributed by atoms with E-state index in [1.165, 1.54) is 16.7 Å². The summed E-state index contributed by atoms with van der Waals surface area (Å²) in [6, 6.07) is 6.26. The van der Waals surface area contributed by atoms with E-state index in [2.05, 4.69) is 48.8 Å². The minimum atomic E-state index is -0.152. The maximum absolute atomic E-state index is 11.9. The highest BCUT2D eigenvalue weighted by Crippen LogP contribution is 2.13. The first-order valence-corrected chi connectivity index (χ1v) is 6.60. The van der Waals surface area contributed by atoms with Crippen molar-refractivity contribution in [1.29, 1.82) is 0 Å². The Morgan fingerprint density at radius 2 is 2.16 bits per heavy atom. The minimum absolute atomic E-state index is 0.0344. The molecule has 0 aliphatic rings. The van der Waals surface area contributed by atoms with Crippen LogP contribution in [0.1, 0.15) is 23.6 Å². The number of benzene rings is 1. The second kappa shape index (κ2) is 7.10. The number of rotatable bonds is 6. The zero-order valence-corrected chi connectivity index (χ0v) is 12.4. The number of hydrogen-bond donors (Lipinski definition) is 1. The molecule has 0 unspecified atom stereocenters. The van der Waals surface area contributed by atoms with Gasteiger partial charge in [-0.25, -0.2) is 0 Å². The van der Waals surface area contributed by atoms with Crippen LogP contribution in [-0.4, -0.2) is 30.4 Å². The molecule has 3 heteroatoms. The second-order valence-corrected chi connectivity index (χ2v) is 5.05. The molecule has 0 saturated carbocycles. The van der Waals surface area contributed by atoms with E-state index in [4.69, 9.17) is 0 Å². The molecule has 0 saturated heterocycles. The monoisotopic (exact) mass is 260 g/mol. The Hall–Kier alpha value is -1.61. The molecule has 0 aliphatic carbocycles. The van der Waals surface area contributed by atoms with Crippen molar-refractivity contribution in [3.63, 3.8) is 0 Å². The van der Waals surface area contributed by atoms with Crippen molar-refractivity contribution in [2.45, 2.75) is 33.4 Å². The van der Waals surface area contributed by atoms with Gasteiger partial charge in [-0.05, 0) is 38.9 Å². The standard InChI is InChI=1S/C16H24N2O/c1-6-9-17-16(19)14(4)18(5)11-15-8-7-12(2)10-13(15)3/h6-8,10,14H,1,9,11H2,2-5H3,(H,17,19)/t14-/m0/s1. The van der Waals surface area contributed by atoms with E-state index in [0.717, 1.165) is 6.54 Å². The molecule has 19 heavy (non-hydrogen) atoms. The Kier molecular flexibility index (Phi) is 5.77. The molecule has 1 N–H and O–H groups in total. The van der Waals surface area contributed by atoms with E-state index < -0.39 is 0 Å². The summed E-state index contributed by atoms with van der Waals surface area (Å²) in [5.74, 6) is 0.0344. The average molecular weight is 260 g/mol. The van der Waals surface area contributed by atoms with Crippen LogP contribution in [0, 0.1) is 13.8 Å². The first-order chi connectivity index (χ1) is 8.95. The topological polar surface area (TPSA) is 32.3 Å². The fourth-order valence-corrected chi connectivity index (χ4v) is 1.95. The van der Waals surface area contributed by atoms with E-state index in [0.29, 0.717) is 6.54 Å². The number of carbonyl (C=O) groups is 1. The smallest absolute Gasteiger partial charge is 0.237 e. The lowest BCUT2D eigenvalue weighted by Crippen LogP contribution is -2.43. The van der Waals surface area contributed by atoms with Gasteiger partial charge < -0.3 is 5.32 Å². The molecule has 1 aromatic carbocycles. The first-order valence-electron chi connectivity index (χ1n) is 6.60. The highest BCUT2D eigenvalue weighted by molar-refractivity contribution is 5.81. The molecule has 0 heterocycles. The van der Waals surface area contributed by atoms with Crippen LogP contribution in [-0.2, 0) is 11.3 Å². The molecular formula is C16H24N2O. The van der Waals surface area contributed by atoms with Crippen molar-refractivity contribution in [2.24, 2.45) is 0 Å². The summed E-state index contributed by atoms with van der Waals surface area (Å²) in [4.78, 5) is 13.9. The molecular weight excluding hydrogens is 236 g/mol. The molecule has 0 bridgehead atoms. The lowest BCUT2D eigenvalue weighted by molar-refractivity contribution is -0.125. The summed E-state index contributed by atoms with van der Waals surface area (Å²) in [5.41, 5.74) is 3.79. The molecule has 0 aromatic heterocycles. The second-order valence-electron chi connectivity index (χ2n) is 5.05. The van der Waals surface area contributed by atoms with Crippen LogP contribution in [0.3, 0.4) is 0 Å². The van der Waals surface area contributed by atoms with Gasteiger partial charge in [0.2, 0.25) is 5.91 Å². The Morgan fingerprint density at radius 3 is 2.74 bits per heavy atom. The molecule has 1 amide bonds. The molecule has 1 atom stereocenters. The summed E-state index contributed by atoms with van der Waals surface area (Å²) in [5, 5.41) is 2.82. The Bertz CT molecular complexity index is 454. The van der Waals surface area contributed by atoms with Crippen LogP contribution >= 0.6 is 0 Å². The predicted molar refractivity (Wildman–Crippen MR) is 80.1 cm³/mol. The van der Waals surface area contributed by atoms with Crippen LogP contribution < -0.4 is 5.32 Å². The van der Waals surface area contributed by atoms with E-state index in [1.54, 1.807) is 6.08 Å². The predicted octanol–water partition coefficient (Wildman–Crippen LogP) is 2.43. The lowest BCUT2D eigenvalue weighted by Gasteiger charge is -2.24. The van der Waals surface area contributed by atoms with Crippen LogP contribution in [0.15, 0.2) is 30.9 Å². The van der Waals surface area contributed by atoms with Gasteiger partial charge in [0.05, 0.1) is 6.04 Å².